The molecular formula is C28H28N2O4. The van der Waals surface area contributed by atoms with Crippen molar-refractivity contribution in [3.05, 3.63) is 71.8 Å². The first-order chi connectivity index (χ1) is 16.5. The molecule has 3 aromatic carbocycles. The van der Waals surface area contributed by atoms with Gasteiger partial charge < -0.3 is 19.2 Å². The summed E-state index contributed by atoms with van der Waals surface area (Å²) in [5, 5.41) is 2.92. The van der Waals surface area contributed by atoms with Gasteiger partial charge in [-0.05, 0) is 86.2 Å². The first-order valence-corrected chi connectivity index (χ1v) is 11.6. The average Bonchev–Trinajstić information content (AvgIpc) is 3.54. The van der Waals surface area contributed by atoms with E-state index in [0.717, 1.165) is 51.6 Å². The number of nitrogens with zero attached hydrogens (tertiary/aromatic N) is 1. The third-order valence-corrected chi connectivity index (χ3v) is 6.06. The maximum Gasteiger partial charge on any atom is 0.227 e. The van der Waals surface area contributed by atoms with E-state index in [1.807, 2.05) is 74.5 Å². The number of hydrogen-bond donors (Lipinski definition) is 1. The minimum absolute atomic E-state index is 0.0647. The third-order valence-electron chi connectivity index (χ3n) is 6.06. The molecule has 0 radical (unpaired) electrons. The average molecular weight is 457 g/mol. The van der Waals surface area contributed by atoms with Crippen molar-refractivity contribution < 1.29 is 18.7 Å². The molecule has 0 saturated heterocycles. The molecule has 1 saturated carbocycles. The van der Waals surface area contributed by atoms with Crippen LogP contribution < -0.4 is 14.8 Å². The molecule has 1 fully saturated rings. The van der Waals surface area contributed by atoms with E-state index in [9.17, 15) is 4.79 Å². The first-order valence-electron chi connectivity index (χ1n) is 11.6. The minimum atomic E-state index is -0.107. The second kappa shape index (κ2) is 9.21. The SMILES string of the molecule is CC(=O)NC(C)c1ccc2nc(-c3ccc(Oc4cccc(OCC5CC5)c4)cc3)oc2c1C. The summed E-state index contributed by atoms with van der Waals surface area (Å²) in [6, 6.07) is 19.2. The molecule has 1 aliphatic carbocycles. The maximum atomic E-state index is 11.4. The van der Waals surface area contributed by atoms with Crippen LogP contribution in [0.2, 0.25) is 0 Å². The molecule has 6 heteroatoms. The van der Waals surface area contributed by atoms with Crippen LogP contribution in [0.15, 0.2) is 65.1 Å². The van der Waals surface area contributed by atoms with Crippen molar-refractivity contribution in [1.29, 1.82) is 0 Å². The number of hydrogen-bond acceptors (Lipinski definition) is 5. The minimum Gasteiger partial charge on any atom is -0.493 e. The lowest BCUT2D eigenvalue weighted by Crippen LogP contribution is -2.24. The summed E-state index contributed by atoms with van der Waals surface area (Å²) in [6.45, 7) is 6.24. The van der Waals surface area contributed by atoms with Crippen molar-refractivity contribution in [3.63, 3.8) is 0 Å². The van der Waals surface area contributed by atoms with E-state index in [4.69, 9.17) is 13.9 Å². The molecule has 1 unspecified atom stereocenters. The number of benzene rings is 3. The highest BCUT2D eigenvalue weighted by molar-refractivity contribution is 5.81. The molecule has 0 bridgehead atoms. The standard InChI is InChI=1S/C28H28N2O4/c1-17-25(18(2)29-19(3)31)13-14-26-27(17)34-28(30-26)21-9-11-22(12-10-21)33-24-6-4-5-23(15-24)32-16-20-7-8-20/h4-6,9-15,18,20H,7-8,16H2,1-3H3,(H,29,31). The number of carbonyl (C=O) groups excluding carboxylic acids is 1. The van der Waals surface area contributed by atoms with Crippen molar-refractivity contribution in [2.75, 3.05) is 6.61 Å². The molecule has 1 atom stereocenters. The number of aryl methyl sites for hydroxylation is 1. The molecule has 34 heavy (non-hydrogen) atoms. The highest BCUT2D eigenvalue weighted by Crippen LogP contribution is 2.33. The first kappa shape index (κ1) is 22.0. The Labute approximate surface area is 198 Å². The van der Waals surface area contributed by atoms with E-state index in [1.165, 1.54) is 19.8 Å². The molecule has 6 nitrogen and oxygen atoms in total. The van der Waals surface area contributed by atoms with Crippen LogP contribution >= 0.6 is 0 Å². The Hall–Kier alpha value is -3.80. The highest BCUT2D eigenvalue weighted by Gasteiger charge is 2.22. The van der Waals surface area contributed by atoms with Crippen LogP contribution in [0, 0.1) is 12.8 Å². The summed E-state index contributed by atoms with van der Waals surface area (Å²) in [6.07, 6.45) is 2.53. The number of fused-ring (bicyclic) bond motifs is 1. The largest absolute Gasteiger partial charge is 0.493 e. The number of carbonyl (C=O) groups is 1. The van der Waals surface area contributed by atoms with Crippen LogP contribution in [0.4, 0.5) is 0 Å². The Kier molecular flexibility index (Phi) is 5.97. The van der Waals surface area contributed by atoms with Gasteiger partial charge in [0.05, 0.1) is 12.6 Å². The fraction of sp³-hybridized carbons (Fsp3) is 0.286. The van der Waals surface area contributed by atoms with Crippen molar-refractivity contribution in [3.8, 4) is 28.7 Å². The Bertz CT molecular complexity index is 1320. The normalized spacial score (nSPS) is 14.1. The fourth-order valence-corrected chi connectivity index (χ4v) is 4.04. The molecule has 1 aromatic heterocycles. The third kappa shape index (κ3) is 4.91. The van der Waals surface area contributed by atoms with Gasteiger partial charge >= 0.3 is 0 Å². The van der Waals surface area contributed by atoms with Gasteiger partial charge in [0.2, 0.25) is 11.8 Å². The van der Waals surface area contributed by atoms with Crippen molar-refractivity contribution >= 4 is 17.0 Å². The van der Waals surface area contributed by atoms with E-state index in [-0.39, 0.29) is 11.9 Å². The summed E-state index contributed by atoms with van der Waals surface area (Å²) in [7, 11) is 0. The van der Waals surface area contributed by atoms with Crippen LogP contribution in [0.1, 0.15) is 43.9 Å². The van der Waals surface area contributed by atoms with Gasteiger partial charge in [0.1, 0.15) is 22.8 Å². The second-order valence-electron chi connectivity index (χ2n) is 8.92. The Morgan fingerprint density at radius 2 is 1.85 bits per heavy atom. The van der Waals surface area contributed by atoms with Gasteiger partial charge in [0, 0.05) is 18.6 Å². The molecule has 1 heterocycles. The molecule has 1 amide bonds. The summed E-state index contributed by atoms with van der Waals surface area (Å²) in [5.74, 6) is 3.48. The molecular weight excluding hydrogens is 428 g/mol. The zero-order chi connectivity index (χ0) is 23.7. The predicted octanol–water partition coefficient (Wildman–Crippen LogP) is 6.58. The van der Waals surface area contributed by atoms with Gasteiger partial charge in [-0.25, -0.2) is 4.98 Å². The van der Waals surface area contributed by atoms with E-state index in [0.29, 0.717) is 11.8 Å². The quantitative estimate of drug-likeness (QED) is 0.324. The van der Waals surface area contributed by atoms with Gasteiger partial charge in [0.15, 0.2) is 5.58 Å². The van der Waals surface area contributed by atoms with Crippen molar-refractivity contribution in [2.45, 2.75) is 39.7 Å². The number of ether oxygens (including phenoxy) is 2. The van der Waals surface area contributed by atoms with Crippen molar-refractivity contribution in [1.82, 2.24) is 10.3 Å². The van der Waals surface area contributed by atoms with Gasteiger partial charge in [-0.2, -0.15) is 0 Å². The highest BCUT2D eigenvalue weighted by atomic mass is 16.5. The molecule has 1 N–H and O–H groups in total. The van der Waals surface area contributed by atoms with Gasteiger partial charge in [-0.15, -0.1) is 0 Å². The smallest absolute Gasteiger partial charge is 0.227 e. The fourth-order valence-electron chi connectivity index (χ4n) is 4.04. The summed E-state index contributed by atoms with van der Waals surface area (Å²) in [5.41, 5.74) is 4.36. The van der Waals surface area contributed by atoms with E-state index in [1.54, 1.807) is 0 Å². The number of aromatic nitrogens is 1. The Balaban J connectivity index is 1.32. The number of rotatable bonds is 8. The second-order valence-corrected chi connectivity index (χ2v) is 8.92. The zero-order valence-electron chi connectivity index (χ0n) is 19.6. The number of nitrogens with one attached hydrogen (secondary N) is 1. The molecule has 0 spiro atoms. The van der Waals surface area contributed by atoms with Crippen LogP contribution in [0.3, 0.4) is 0 Å². The van der Waals surface area contributed by atoms with E-state index in [2.05, 4.69) is 10.3 Å². The van der Waals surface area contributed by atoms with E-state index < -0.39 is 0 Å². The van der Waals surface area contributed by atoms with Crippen LogP contribution in [-0.2, 0) is 4.79 Å². The Morgan fingerprint density at radius 3 is 2.59 bits per heavy atom. The Morgan fingerprint density at radius 1 is 1.09 bits per heavy atom. The van der Waals surface area contributed by atoms with Gasteiger partial charge in [-0.3, -0.25) is 4.79 Å². The number of oxazole rings is 1. The summed E-state index contributed by atoms with van der Waals surface area (Å²) in [4.78, 5) is 16.1. The lowest BCUT2D eigenvalue weighted by molar-refractivity contribution is -0.119. The summed E-state index contributed by atoms with van der Waals surface area (Å²) >= 11 is 0. The molecule has 174 valence electrons. The lowest BCUT2D eigenvalue weighted by Gasteiger charge is -2.15. The zero-order valence-corrected chi connectivity index (χ0v) is 19.6. The van der Waals surface area contributed by atoms with Crippen LogP contribution in [0.5, 0.6) is 17.2 Å². The van der Waals surface area contributed by atoms with E-state index >= 15 is 0 Å². The van der Waals surface area contributed by atoms with Crippen LogP contribution in [0.25, 0.3) is 22.6 Å². The predicted molar refractivity (Wildman–Crippen MR) is 131 cm³/mol. The van der Waals surface area contributed by atoms with Crippen molar-refractivity contribution in [2.24, 2.45) is 5.92 Å². The monoisotopic (exact) mass is 456 g/mol. The lowest BCUT2D eigenvalue weighted by atomic mass is 10.0. The molecule has 4 aromatic rings. The molecule has 5 rings (SSSR count). The van der Waals surface area contributed by atoms with Gasteiger partial charge in [-0.1, -0.05) is 12.1 Å². The van der Waals surface area contributed by atoms with Gasteiger partial charge in [0.25, 0.3) is 0 Å². The topological polar surface area (TPSA) is 73.6 Å². The number of amides is 1. The summed E-state index contributed by atoms with van der Waals surface area (Å²) < 4.78 is 18.0. The van der Waals surface area contributed by atoms with Crippen LogP contribution in [-0.4, -0.2) is 17.5 Å². The maximum absolute atomic E-state index is 11.4. The molecule has 1 aliphatic rings. The molecule has 0 aliphatic heterocycles.